The topological polar surface area (TPSA) is 41.6 Å². The van der Waals surface area contributed by atoms with E-state index in [-0.39, 0.29) is 17.7 Å². The Morgan fingerprint density at radius 3 is 2.80 bits per heavy atom. The van der Waals surface area contributed by atoms with Crippen LogP contribution < -0.4 is 5.43 Å². The molecule has 0 bridgehead atoms. The number of ether oxygens (including phenoxy) is 1. The molecule has 4 nitrogen and oxygen atoms in total. The van der Waals surface area contributed by atoms with Gasteiger partial charge >= 0.3 is 0 Å². The van der Waals surface area contributed by atoms with Crippen molar-refractivity contribution in [3.63, 3.8) is 0 Å². The molecule has 2 atom stereocenters. The molecule has 1 aromatic rings. The Morgan fingerprint density at radius 2 is 2.05 bits per heavy atom. The van der Waals surface area contributed by atoms with Gasteiger partial charge in [0.1, 0.15) is 0 Å². The number of amides is 1. The van der Waals surface area contributed by atoms with Crippen LogP contribution in [0.15, 0.2) is 18.2 Å². The van der Waals surface area contributed by atoms with Crippen LogP contribution in [-0.2, 0) is 9.53 Å². The normalized spacial score (nSPS) is 26.3. The molecule has 1 N–H and O–H groups in total. The molecule has 2 aliphatic rings. The Bertz CT molecular complexity index is 518. The Kier molecular flexibility index (Phi) is 3.67. The van der Waals surface area contributed by atoms with E-state index in [9.17, 15) is 13.6 Å². The summed E-state index contributed by atoms with van der Waals surface area (Å²) in [6, 6.07) is 4.11. The summed E-state index contributed by atoms with van der Waals surface area (Å²) in [6.07, 6.45) is 0.566. The Hall–Kier alpha value is -1.53. The maximum Gasteiger partial charge on any atom is 0.238 e. The number of hydrazine groups is 1. The van der Waals surface area contributed by atoms with Crippen LogP contribution >= 0.6 is 0 Å². The highest BCUT2D eigenvalue weighted by Gasteiger charge is 2.46. The molecule has 1 aromatic carbocycles. The molecule has 1 saturated heterocycles. The van der Waals surface area contributed by atoms with E-state index in [0.717, 1.165) is 6.07 Å². The molecule has 1 heterocycles. The molecule has 0 unspecified atom stereocenters. The van der Waals surface area contributed by atoms with Crippen molar-refractivity contribution >= 4 is 5.91 Å². The van der Waals surface area contributed by atoms with Gasteiger partial charge in [0.05, 0.1) is 13.2 Å². The van der Waals surface area contributed by atoms with Crippen molar-refractivity contribution < 1.29 is 18.3 Å². The van der Waals surface area contributed by atoms with Gasteiger partial charge in [-0.15, -0.1) is 0 Å². The molecule has 1 saturated carbocycles. The number of nitrogens with zero attached hydrogens (tertiary/aromatic N) is 1. The predicted molar refractivity (Wildman–Crippen MR) is 67.7 cm³/mol. The van der Waals surface area contributed by atoms with Gasteiger partial charge in [0, 0.05) is 19.0 Å². The summed E-state index contributed by atoms with van der Waals surface area (Å²) in [4.78, 5) is 12.0. The third-order valence-corrected chi connectivity index (χ3v) is 3.79. The lowest BCUT2D eigenvalue weighted by Gasteiger charge is -2.27. The van der Waals surface area contributed by atoms with Crippen LogP contribution in [0, 0.1) is 17.6 Å². The maximum atomic E-state index is 13.7. The number of carbonyl (C=O) groups is 1. The van der Waals surface area contributed by atoms with E-state index in [1.54, 1.807) is 6.07 Å². The first kappa shape index (κ1) is 13.5. The molecule has 20 heavy (non-hydrogen) atoms. The third-order valence-electron chi connectivity index (χ3n) is 3.79. The van der Waals surface area contributed by atoms with Gasteiger partial charge in [-0.25, -0.2) is 13.8 Å². The molecule has 0 aromatic heterocycles. The van der Waals surface area contributed by atoms with Crippen LogP contribution in [-0.4, -0.2) is 37.2 Å². The Labute approximate surface area is 115 Å². The summed E-state index contributed by atoms with van der Waals surface area (Å²) in [5, 5.41) is 1.81. The zero-order valence-corrected chi connectivity index (χ0v) is 10.9. The fourth-order valence-corrected chi connectivity index (χ4v) is 2.55. The molecule has 2 fully saturated rings. The van der Waals surface area contributed by atoms with Gasteiger partial charge in [0.2, 0.25) is 5.91 Å². The van der Waals surface area contributed by atoms with Crippen LogP contribution in [0.2, 0.25) is 0 Å². The standard InChI is InChI=1S/C14H16F2N2O2/c15-12-3-1-2-9(13(12)16)10-8-11(10)14(19)17-18-4-6-20-7-5-18/h1-3,10-11H,4-8H2,(H,17,19)/t10-,11-/m1/s1. The third kappa shape index (κ3) is 2.66. The molecular weight excluding hydrogens is 266 g/mol. The summed E-state index contributed by atoms with van der Waals surface area (Å²) in [7, 11) is 0. The second-order valence-electron chi connectivity index (χ2n) is 5.17. The van der Waals surface area contributed by atoms with Crippen LogP contribution in [0.1, 0.15) is 17.9 Å². The minimum Gasteiger partial charge on any atom is -0.379 e. The maximum absolute atomic E-state index is 13.7. The van der Waals surface area contributed by atoms with Gasteiger partial charge in [-0.05, 0) is 24.0 Å². The summed E-state index contributed by atoms with van der Waals surface area (Å²) >= 11 is 0. The van der Waals surface area contributed by atoms with Crippen molar-refractivity contribution in [2.24, 2.45) is 5.92 Å². The van der Waals surface area contributed by atoms with Crippen molar-refractivity contribution in [3.05, 3.63) is 35.4 Å². The highest BCUT2D eigenvalue weighted by atomic mass is 19.2. The van der Waals surface area contributed by atoms with E-state index >= 15 is 0 Å². The number of hydrogen-bond donors (Lipinski definition) is 1. The van der Waals surface area contributed by atoms with Gasteiger partial charge in [0.25, 0.3) is 0 Å². The van der Waals surface area contributed by atoms with E-state index in [1.807, 2.05) is 5.01 Å². The molecule has 6 heteroatoms. The Balaban J connectivity index is 1.60. The van der Waals surface area contributed by atoms with Crippen molar-refractivity contribution in [1.82, 2.24) is 10.4 Å². The fourth-order valence-electron chi connectivity index (χ4n) is 2.55. The van der Waals surface area contributed by atoms with Crippen molar-refractivity contribution in [2.75, 3.05) is 26.3 Å². The molecule has 3 rings (SSSR count). The van der Waals surface area contributed by atoms with Gasteiger partial charge < -0.3 is 4.74 Å². The molecule has 0 spiro atoms. The zero-order chi connectivity index (χ0) is 14.1. The molecular formula is C14H16F2N2O2. The van der Waals surface area contributed by atoms with Gasteiger partial charge in [-0.3, -0.25) is 10.2 Å². The molecule has 0 radical (unpaired) electrons. The lowest BCUT2D eigenvalue weighted by atomic mass is 10.1. The highest BCUT2D eigenvalue weighted by molar-refractivity contribution is 5.82. The van der Waals surface area contributed by atoms with Crippen LogP contribution in [0.25, 0.3) is 0 Å². The number of halogens is 2. The smallest absolute Gasteiger partial charge is 0.238 e. The molecule has 1 aliphatic carbocycles. The minimum atomic E-state index is -0.860. The van der Waals surface area contributed by atoms with E-state index in [4.69, 9.17) is 4.74 Å². The van der Waals surface area contributed by atoms with E-state index in [2.05, 4.69) is 5.43 Å². The highest BCUT2D eigenvalue weighted by Crippen LogP contribution is 2.48. The number of morpholine rings is 1. The lowest BCUT2D eigenvalue weighted by molar-refractivity contribution is -0.129. The SMILES string of the molecule is O=C(NN1CCOCC1)[C@@H]1C[C@@H]1c1cccc(F)c1F. The fraction of sp³-hybridized carbons (Fsp3) is 0.500. The van der Waals surface area contributed by atoms with Gasteiger partial charge in [-0.1, -0.05) is 12.1 Å². The van der Waals surface area contributed by atoms with E-state index < -0.39 is 11.6 Å². The Morgan fingerprint density at radius 1 is 1.30 bits per heavy atom. The second-order valence-corrected chi connectivity index (χ2v) is 5.17. The first-order valence-corrected chi connectivity index (χ1v) is 6.74. The van der Waals surface area contributed by atoms with Gasteiger partial charge in [0.15, 0.2) is 11.6 Å². The number of nitrogens with one attached hydrogen (secondary N) is 1. The molecule has 1 amide bonds. The quantitative estimate of drug-likeness (QED) is 0.912. The minimum absolute atomic E-state index is 0.124. The summed E-state index contributed by atoms with van der Waals surface area (Å²) in [5.41, 5.74) is 3.11. The number of rotatable bonds is 3. The van der Waals surface area contributed by atoms with Crippen LogP contribution in [0.5, 0.6) is 0 Å². The first-order chi connectivity index (χ1) is 9.66. The largest absolute Gasteiger partial charge is 0.379 e. The molecule has 108 valence electrons. The predicted octanol–water partition coefficient (Wildman–Crippen LogP) is 1.43. The van der Waals surface area contributed by atoms with E-state index in [1.165, 1.54) is 6.07 Å². The zero-order valence-electron chi connectivity index (χ0n) is 10.9. The first-order valence-electron chi connectivity index (χ1n) is 6.74. The monoisotopic (exact) mass is 282 g/mol. The lowest BCUT2D eigenvalue weighted by Crippen LogP contribution is -2.49. The van der Waals surface area contributed by atoms with Gasteiger partial charge in [-0.2, -0.15) is 0 Å². The summed E-state index contributed by atoms with van der Waals surface area (Å²) in [6.45, 7) is 2.48. The average molecular weight is 282 g/mol. The number of hydrogen-bond acceptors (Lipinski definition) is 3. The molecule has 1 aliphatic heterocycles. The van der Waals surface area contributed by atoms with Crippen molar-refractivity contribution in [1.29, 1.82) is 0 Å². The average Bonchev–Trinajstić information content (AvgIpc) is 3.23. The summed E-state index contributed by atoms with van der Waals surface area (Å²) < 4.78 is 32.0. The summed E-state index contributed by atoms with van der Waals surface area (Å²) in [5.74, 6) is -2.30. The number of carbonyl (C=O) groups excluding carboxylic acids is 1. The van der Waals surface area contributed by atoms with Crippen molar-refractivity contribution in [3.8, 4) is 0 Å². The van der Waals surface area contributed by atoms with Crippen LogP contribution in [0.3, 0.4) is 0 Å². The van der Waals surface area contributed by atoms with E-state index in [0.29, 0.717) is 38.3 Å². The van der Waals surface area contributed by atoms with Crippen LogP contribution in [0.4, 0.5) is 8.78 Å². The van der Waals surface area contributed by atoms with Crippen molar-refractivity contribution in [2.45, 2.75) is 12.3 Å². The number of benzene rings is 1. The second kappa shape index (κ2) is 5.46.